The molecular formula is C9H13FmN2O5-. The van der Waals surface area contributed by atoms with Gasteiger partial charge in [-0.3, -0.25) is 4.79 Å². The number of nitrogens with zero attached hydrogens (tertiary/aromatic N) is 1. The minimum atomic E-state index is -1.26. The molecule has 0 rings (SSSR count). The first-order valence-corrected chi connectivity index (χ1v) is 4.37. The van der Waals surface area contributed by atoms with Crippen molar-refractivity contribution in [2.45, 2.75) is 6.04 Å². The molecule has 0 aromatic carbocycles. The van der Waals surface area contributed by atoms with Crippen LogP contribution in [0.5, 0.6) is 0 Å². The van der Waals surface area contributed by atoms with E-state index in [4.69, 9.17) is 5.11 Å². The molecule has 0 fully saturated rings. The maximum absolute atomic E-state index is 11.2. The monoisotopic (exact) mass is 486 g/mol. The predicted molar refractivity (Wildman–Crippen MR) is 54.4 cm³/mol. The summed E-state index contributed by atoms with van der Waals surface area (Å²) in [5.41, 5.74) is 0. The molecule has 0 saturated heterocycles. The Balaban J connectivity index is 0. The van der Waals surface area contributed by atoms with Crippen LogP contribution < -0.4 is 5.32 Å². The van der Waals surface area contributed by atoms with E-state index in [1.165, 1.54) is 19.5 Å². The number of carboxylic acid groups (broad SMARTS) is 1. The molecule has 0 spiro atoms. The van der Waals surface area contributed by atoms with Gasteiger partial charge in [-0.1, -0.05) is 12.7 Å². The summed E-state index contributed by atoms with van der Waals surface area (Å²) in [7, 11) is 1.36. The Labute approximate surface area is 92.7 Å². The van der Waals surface area contributed by atoms with Crippen molar-refractivity contribution in [3.63, 3.8) is 0 Å². The predicted octanol–water partition coefficient (Wildman–Crippen LogP) is -0.649. The van der Waals surface area contributed by atoms with Gasteiger partial charge in [0.2, 0.25) is 0 Å². The first kappa shape index (κ1) is 16.4. The molecule has 102 valence electrons. The van der Waals surface area contributed by atoms with Crippen LogP contribution in [0.2, 0.25) is 0 Å². The van der Waals surface area contributed by atoms with Crippen molar-refractivity contribution in [2.75, 3.05) is 20.2 Å². The third-order valence-corrected chi connectivity index (χ3v) is 1.62. The van der Waals surface area contributed by atoms with E-state index in [9.17, 15) is 14.4 Å². The average Bonchev–Trinajstić information content (AvgIpc) is 2.24. The number of aliphatic carboxylic acids is 1. The maximum atomic E-state index is 11.2. The van der Waals surface area contributed by atoms with Crippen LogP contribution in [0.15, 0.2) is 12.7 Å². The Bertz CT molecular complexity index is 285. The van der Waals surface area contributed by atoms with Gasteiger partial charge in [-0.15, -0.1) is 0 Å². The van der Waals surface area contributed by atoms with E-state index in [2.05, 4.69) is 11.3 Å². The van der Waals surface area contributed by atoms with Gasteiger partial charge in [0, 0.05) is 7.05 Å². The van der Waals surface area contributed by atoms with Crippen LogP contribution in [-0.2, 0) is 14.3 Å². The number of rotatable bonds is 7. The zero-order chi connectivity index (χ0) is 12.6. The number of ether oxygens (including phenoxy) is 1. The van der Waals surface area contributed by atoms with Crippen LogP contribution in [0.1, 0.15) is 0 Å². The van der Waals surface area contributed by atoms with Crippen molar-refractivity contribution in [3.05, 3.63) is 12.7 Å². The van der Waals surface area contributed by atoms with Crippen molar-refractivity contribution in [3.8, 4) is 0 Å². The van der Waals surface area contributed by atoms with E-state index in [1.54, 1.807) is 0 Å². The van der Waals surface area contributed by atoms with Crippen LogP contribution in [-0.4, -0.2) is 54.7 Å². The Morgan fingerprint density at radius 2 is 2.24 bits per heavy atom. The van der Waals surface area contributed by atoms with Gasteiger partial charge in [0.1, 0.15) is 12.6 Å². The molecule has 17 heavy (non-hydrogen) atoms. The molecule has 0 radical (unpaired) electrons. The fraction of sp³-hybridized carbons (Fsp3) is 0.444. The number of carbonyl (C=O) groups is 2. The van der Waals surface area contributed by atoms with Crippen LogP contribution in [0.3, 0.4) is 0 Å². The van der Waals surface area contributed by atoms with Crippen molar-refractivity contribution in [1.29, 1.82) is 0 Å². The second-order valence-corrected chi connectivity index (χ2v) is 2.88. The molecule has 0 aliphatic rings. The SMILES string of the molecule is C=CCOC(=O)N(C)CC(N[C-]=O)C(=O)O.[Fm]. The van der Waals surface area contributed by atoms with Gasteiger partial charge in [0.25, 0.3) is 0 Å². The minimum absolute atomic E-state index is 0. The fourth-order valence-corrected chi connectivity index (χ4v) is 0.845. The minimum Gasteiger partial charge on any atom is -0.520 e. The van der Waals surface area contributed by atoms with Crippen molar-refractivity contribution < 1.29 is 24.2 Å². The van der Waals surface area contributed by atoms with Gasteiger partial charge in [-0.25, -0.2) is 4.79 Å². The third-order valence-electron chi connectivity index (χ3n) is 1.62. The second kappa shape index (κ2) is 8.27. The summed E-state index contributed by atoms with van der Waals surface area (Å²) < 4.78 is 4.66. The maximum Gasteiger partial charge on any atom is 0.409 e. The zero-order valence-corrected chi connectivity index (χ0v) is 11.5. The Morgan fingerprint density at radius 1 is 1.65 bits per heavy atom. The van der Waals surface area contributed by atoms with Gasteiger partial charge >= 0.3 is 12.1 Å². The first-order valence-electron chi connectivity index (χ1n) is 4.37. The summed E-state index contributed by atoms with van der Waals surface area (Å²) in [5, 5.41) is 10.6. The first-order chi connectivity index (χ1) is 7.52. The zero-order valence-electron chi connectivity index (χ0n) is 9.09. The average molecular weight is 486 g/mol. The van der Waals surface area contributed by atoms with E-state index < -0.39 is 18.1 Å². The number of carbonyl (C=O) groups excluding carboxylic acids is 2. The smallest absolute Gasteiger partial charge is 0.409 e. The van der Waals surface area contributed by atoms with Gasteiger partial charge < -0.3 is 24.9 Å². The summed E-state index contributed by atoms with van der Waals surface area (Å²) >= 11 is 0. The molecular weight excluding hydrogens is 473 g/mol. The molecule has 0 aliphatic heterocycles. The normalized spacial score (nSPS) is 10.4. The number of carboxylic acids is 1. The van der Waals surface area contributed by atoms with Gasteiger partial charge in [-0.2, -0.15) is 6.41 Å². The molecule has 0 aliphatic carbocycles. The van der Waals surface area contributed by atoms with E-state index in [0.717, 1.165) is 4.90 Å². The Kier molecular flexibility index (Phi) is 7.97. The Hall–Kier alpha value is -3.05. The summed E-state index contributed by atoms with van der Waals surface area (Å²) in [4.78, 5) is 32.9. The standard InChI is InChI=1S/C9H13N2O5.Fm/c1-3-4-16-9(15)11(2)5-7(8(13)14)10-6-12;/h3,7H,1,4-5H2,2H3,(H,10,12)(H,13,14);/q-1;. The molecule has 8 heteroatoms. The molecule has 1 unspecified atom stereocenters. The summed E-state index contributed by atoms with van der Waals surface area (Å²) in [5.74, 6) is -1.26. The van der Waals surface area contributed by atoms with Crippen LogP contribution in [0.25, 0.3) is 0 Å². The molecule has 0 saturated carbocycles. The molecule has 0 heterocycles. The van der Waals surface area contributed by atoms with Crippen molar-refractivity contribution >= 4 is 18.5 Å². The molecule has 1 atom stereocenters. The van der Waals surface area contributed by atoms with E-state index in [1.807, 2.05) is 5.32 Å². The van der Waals surface area contributed by atoms with Crippen molar-refractivity contribution in [1.82, 2.24) is 10.2 Å². The van der Waals surface area contributed by atoms with E-state index >= 15 is 0 Å². The summed E-state index contributed by atoms with van der Waals surface area (Å²) in [6, 6.07) is -1.21. The van der Waals surface area contributed by atoms with Gasteiger partial charge in [0.05, 0.1) is 6.54 Å². The Morgan fingerprint density at radius 3 is 2.65 bits per heavy atom. The largest absolute Gasteiger partial charge is 0.520 e. The molecule has 7 nitrogen and oxygen atoms in total. The quantitative estimate of drug-likeness (QED) is 0.284. The number of nitrogens with one attached hydrogen (secondary N) is 1. The van der Waals surface area contributed by atoms with E-state index in [0.29, 0.717) is 0 Å². The molecule has 0 aromatic heterocycles. The van der Waals surface area contributed by atoms with Crippen LogP contribution in [0.4, 0.5) is 4.79 Å². The molecule has 2 N–H and O–H groups in total. The van der Waals surface area contributed by atoms with Crippen molar-refractivity contribution in [2.24, 2.45) is 0 Å². The topological polar surface area (TPSA) is 95.9 Å². The number of hydrogen-bond acceptors (Lipinski definition) is 4. The second-order valence-electron chi connectivity index (χ2n) is 2.88. The fourth-order valence-electron chi connectivity index (χ4n) is 0.845. The number of amides is 2. The summed E-state index contributed by atoms with van der Waals surface area (Å²) in [6.07, 6.45) is 1.95. The molecule has 2 amide bonds. The van der Waals surface area contributed by atoms with Crippen LogP contribution in [0, 0.1) is 0 Å². The number of likely N-dealkylation sites (N-methyl/N-ethyl adjacent to an activating group) is 1. The van der Waals surface area contributed by atoms with Crippen LogP contribution >= 0.6 is 0 Å². The summed E-state index contributed by atoms with van der Waals surface area (Å²) in [6.45, 7) is 3.19. The molecule has 0 aromatic rings. The van der Waals surface area contributed by atoms with E-state index in [-0.39, 0.29) is 13.2 Å². The van der Waals surface area contributed by atoms with Gasteiger partial charge in [-0.05, 0) is 0 Å². The van der Waals surface area contributed by atoms with Gasteiger partial charge in [0.15, 0.2) is 0 Å². The third kappa shape index (κ3) is 6.10. The molecule has 0 bridgehead atoms. The number of hydrogen-bond donors (Lipinski definition) is 2.